The highest BCUT2D eigenvalue weighted by Gasteiger charge is 2.36. The van der Waals surface area contributed by atoms with E-state index >= 15 is 0 Å². The second-order valence-corrected chi connectivity index (χ2v) is 10.9. The van der Waals surface area contributed by atoms with Gasteiger partial charge in [-0.25, -0.2) is 8.42 Å². The number of anilines is 1. The summed E-state index contributed by atoms with van der Waals surface area (Å²) in [6.45, 7) is 14.3. The van der Waals surface area contributed by atoms with Crippen molar-refractivity contribution in [3.8, 4) is 0 Å². The quantitative estimate of drug-likeness (QED) is 0.617. The van der Waals surface area contributed by atoms with Crippen molar-refractivity contribution in [3.05, 3.63) is 41.1 Å². The molecule has 0 aliphatic carbocycles. The van der Waals surface area contributed by atoms with E-state index in [9.17, 15) is 13.2 Å². The maximum absolute atomic E-state index is 13.6. The van der Waals surface area contributed by atoms with Crippen LogP contribution in [-0.2, 0) is 16.6 Å². The molecule has 4 rings (SSSR count). The van der Waals surface area contributed by atoms with Crippen LogP contribution in [0.4, 0.5) is 5.69 Å². The van der Waals surface area contributed by atoms with Crippen molar-refractivity contribution in [2.24, 2.45) is 0 Å². The van der Waals surface area contributed by atoms with Gasteiger partial charge < -0.3 is 14.7 Å². The van der Waals surface area contributed by atoms with Gasteiger partial charge in [0.25, 0.3) is 15.9 Å². The number of carbonyl (C=O) groups excluding carboxylic acids is 1. The monoisotopic (exact) mass is 488 g/mol. The molecule has 0 unspecified atom stereocenters. The summed E-state index contributed by atoms with van der Waals surface area (Å²) in [7, 11) is -3.89. The fourth-order valence-corrected chi connectivity index (χ4v) is 6.22. The van der Waals surface area contributed by atoms with Crippen molar-refractivity contribution in [2.75, 3.05) is 63.8 Å². The van der Waals surface area contributed by atoms with Crippen LogP contribution in [0.5, 0.6) is 0 Å². The largest absolute Gasteiger partial charge is 0.369 e. The number of amides is 1. The molecule has 0 N–H and O–H groups in total. The van der Waals surface area contributed by atoms with Gasteiger partial charge >= 0.3 is 0 Å². The standard InChI is InChI=1S/C24H36N6O3S/c1-5-26-10-12-28(13-11-26)24(31)21-18-29(6-2)25-23(21)34(32,33)30-16-14-27(15-17-30)22-9-7-8-19(3)20(22)4/h7-9,18H,5-6,10-17H2,1-4H3. The zero-order valence-electron chi connectivity index (χ0n) is 20.7. The second-order valence-electron chi connectivity index (χ2n) is 9.04. The highest BCUT2D eigenvalue weighted by molar-refractivity contribution is 7.89. The van der Waals surface area contributed by atoms with Crippen LogP contribution >= 0.6 is 0 Å². The summed E-state index contributed by atoms with van der Waals surface area (Å²) in [5.74, 6) is -0.247. The smallest absolute Gasteiger partial charge is 0.263 e. The normalized spacial score (nSPS) is 18.5. The molecule has 0 bridgehead atoms. The van der Waals surface area contributed by atoms with Crippen molar-refractivity contribution in [1.29, 1.82) is 0 Å². The van der Waals surface area contributed by atoms with Crippen molar-refractivity contribution >= 4 is 21.6 Å². The van der Waals surface area contributed by atoms with Crippen LogP contribution in [0.25, 0.3) is 0 Å². The van der Waals surface area contributed by atoms with Gasteiger partial charge in [-0.2, -0.15) is 9.40 Å². The van der Waals surface area contributed by atoms with E-state index in [-0.39, 0.29) is 16.5 Å². The van der Waals surface area contributed by atoms with Crippen molar-refractivity contribution in [1.82, 2.24) is 23.9 Å². The minimum Gasteiger partial charge on any atom is -0.369 e. The Hall–Kier alpha value is -2.43. The number of benzene rings is 1. The van der Waals surface area contributed by atoms with Gasteiger partial charge in [-0.05, 0) is 44.5 Å². The van der Waals surface area contributed by atoms with E-state index in [1.807, 2.05) is 13.0 Å². The van der Waals surface area contributed by atoms with Gasteiger partial charge in [0.05, 0.1) is 5.56 Å². The number of aromatic nitrogens is 2. The summed E-state index contributed by atoms with van der Waals surface area (Å²) in [6.07, 6.45) is 1.59. The molecule has 2 fully saturated rings. The van der Waals surface area contributed by atoms with Crippen LogP contribution in [0, 0.1) is 13.8 Å². The van der Waals surface area contributed by atoms with Crippen LogP contribution < -0.4 is 4.90 Å². The van der Waals surface area contributed by atoms with Crippen LogP contribution in [0.3, 0.4) is 0 Å². The van der Waals surface area contributed by atoms with Crippen molar-refractivity contribution in [3.63, 3.8) is 0 Å². The molecule has 10 heteroatoms. The van der Waals surface area contributed by atoms with Crippen LogP contribution in [0.2, 0.25) is 0 Å². The summed E-state index contributed by atoms with van der Waals surface area (Å²) < 4.78 is 30.3. The lowest BCUT2D eigenvalue weighted by Crippen LogP contribution is -2.50. The molecule has 2 aliphatic heterocycles. The number of hydrogen-bond acceptors (Lipinski definition) is 6. The number of piperazine rings is 2. The lowest BCUT2D eigenvalue weighted by Gasteiger charge is -2.36. The lowest BCUT2D eigenvalue weighted by atomic mass is 10.1. The zero-order chi connectivity index (χ0) is 24.5. The van der Waals surface area contributed by atoms with Gasteiger partial charge in [-0.15, -0.1) is 0 Å². The van der Waals surface area contributed by atoms with Gasteiger partial charge in [-0.3, -0.25) is 9.48 Å². The number of sulfonamides is 1. The summed E-state index contributed by atoms with van der Waals surface area (Å²) in [6, 6.07) is 6.21. The minimum absolute atomic E-state index is 0.113. The molecule has 3 heterocycles. The Labute approximate surface area is 203 Å². The van der Waals surface area contributed by atoms with Gasteiger partial charge in [-0.1, -0.05) is 19.1 Å². The van der Waals surface area contributed by atoms with Crippen LogP contribution in [0.15, 0.2) is 29.4 Å². The summed E-state index contributed by atoms with van der Waals surface area (Å²) in [5.41, 5.74) is 3.77. The van der Waals surface area contributed by atoms with Crippen molar-refractivity contribution in [2.45, 2.75) is 39.3 Å². The Morgan fingerprint density at radius 1 is 0.941 bits per heavy atom. The summed E-state index contributed by atoms with van der Waals surface area (Å²) >= 11 is 0. The van der Waals surface area contributed by atoms with Crippen LogP contribution in [0.1, 0.15) is 35.3 Å². The lowest BCUT2D eigenvalue weighted by molar-refractivity contribution is 0.0639. The third-order valence-electron chi connectivity index (χ3n) is 7.13. The fourth-order valence-electron chi connectivity index (χ4n) is 4.71. The molecule has 2 saturated heterocycles. The number of nitrogens with zero attached hydrogens (tertiary/aromatic N) is 6. The first-order valence-corrected chi connectivity index (χ1v) is 13.6. The highest BCUT2D eigenvalue weighted by atomic mass is 32.2. The minimum atomic E-state index is -3.89. The first kappa shape index (κ1) is 24.7. The molecule has 0 radical (unpaired) electrons. The Balaban J connectivity index is 1.53. The molecule has 0 atom stereocenters. The molecule has 1 amide bonds. The summed E-state index contributed by atoms with van der Waals surface area (Å²) in [4.78, 5) is 19.6. The average Bonchev–Trinajstić information content (AvgIpc) is 3.31. The van der Waals surface area contributed by atoms with E-state index in [1.54, 1.807) is 15.8 Å². The maximum atomic E-state index is 13.6. The van der Waals surface area contributed by atoms with E-state index in [0.29, 0.717) is 45.8 Å². The SMILES string of the molecule is CCN1CCN(C(=O)c2cn(CC)nc2S(=O)(=O)N2CCN(c3cccc(C)c3C)CC2)CC1. The number of hydrogen-bond donors (Lipinski definition) is 0. The third-order valence-corrected chi connectivity index (χ3v) is 8.96. The highest BCUT2D eigenvalue weighted by Crippen LogP contribution is 2.27. The van der Waals surface area contributed by atoms with E-state index in [1.165, 1.54) is 15.4 Å². The van der Waals surface area contributed by atoms with Crippen LogP contribution in [-0.4, -0.2) is 97.1 Å². The second kappa shape index (κ2) is 10.1. The van der Waals surface area contributed by atoms with Gasteiger partial charge in [0.2, 0.25) is 5.03 Å². The molecule has 1 aromatic heterocycles. The molecular weight excluding hydrogens is 452 g/mol. The van der Waals surface area contributed by atoms with E-state index in [4.69, 9.17) is 0 Å². The molecule has 34 heavy (non-hydrogen) atoms. The number of aryl methyl sites for hydroxylation is 2. The van der Waals surface area contributed by atoms with E-state index in [2.05, 4.69) is 47.8 Å². The molecule has 9 nitrogen and oxygen atoms in total. The van der Waals surface area contributed by atoms with E-state index in [0.717, 1.165) is 25.3 Å². The number of rotatable bonds is 6. The molecule has 2 aliphatic rings. The molecule has 186 valence electrons. The number of likely N-dealkylation sites (N-methyl/N-ethyl adjacent to an activating group) is 1. The third kappa shape index (κ3) is 4.71. The molecule has 0 saturated carbocycles. The first-order valence-electron chi connectivity index (χ1n) is 12.2. The van der Waals surface area contributed by atoms with Gasteiger partial charge in [0, 0.05) is 70.8 Å². The topological polar surface area (TPSA) is 82.0 Å². The van der Waals surface area contributed by atoms with Gasteiger partial charge in [0.1, 0.15) is 0 Å². The Bertz CT molecular complexity index is 1130. The van der Waals surface area contributed by atoms with Crippen molar-refractivity contribution < 1.29 is 13.2 Å². The Kier molecular flexibility index (Phi) is 7.30. The predicted octanol–water partition coefficient (Wildman–Crippen LogP) is 1.81. The van der Waals surface area contributed by atoms with Gasteiger partial charge in [0.15, 0.2) is 0 Å². The maximum Gasteiger partial charge on any atom is 0.263 e. The first-order chi connectivity index (χ1) is 16.3. The fraction of sp³-hybridized carbons (Fsp3) is 0.583. The van der Waals surface area contributed by atoms with E-state index < -0.39 is 10.0 Å². The molecular formula is C24H36N6O3S. The number of carbonyl (C=O) groups is 1. The Morgan fingerprint density at radius 3 is 2.24 bits per heavy atom. The zero-order valence-corrected chi connectivity index (χ0v) is 21.5. The molecule has 1 aromatic carbocycles. The average molecular weight is 489 g/mol. The molecule has 2 aromatic rings. The summed E-state index contributed by atoms with van der Waals surface area (Å²) in [5, 5.41) is 4.23. The molecule has 0 spiro atoms. The Morgan fingerprint density at radius 2 is 1.62 bits per heavy atom. The predicted molar refractivity (Wildman–Crippen MR) is 133 cm³/mol.